The third kappa shape index (κ3) is 4.49. The summed E-state index contributed by atoms with van der Waals surface area (Å²) in [6.07, 6.45) is 0.329. The molecule has 1 atom stereocenters. The second-order valence-corrected chi connectivity index (χ2v) is 6.24. The zero-order valence-corrected chi connectivity index (χ0v) is 14.8. The number of amides is 2. The molecule has 2 amide bonds. The summed E-state index contributed by atoms with van der Waals surface area (Å²) in [4.78, 5) is 37.7. The second kappa shape index (κ2) is 7.99. The highest BCUT2D eigenvalue weighted by Crippen LogP contribution is 2.22. The summed E-state index contributed by atoms with van der Waals surface area (Å²) >= 11 is 0. The molecule has 0 saturated carbocycles. The summed E-state index contributed by atoms with van der Waals surface area (Å²) in [6.45, 7) is 2.12. The van der Waals surface area contributed by atoms with Crippen molar-refractivity contribution < 1.29 is 23.5 Å². The van der Waals surface area contributed by atoms with Gasteiger partial charge in [0.25, 0.3) is 5.91 Å². The van der Waals surface area contributed by atoms with Crippen molar-refractivity contribution in [2.24, 2.45) is 0 Å². The fourth-order valence-corrected chi connectivity index (χ4v) is 2.76. The predicted octanol–water partition coefficient (Wildman–Crippen LogP) is 3.14. The molecule has 1 aliphatic heterocycles. The summed E-state index contributed by atoms with van der Waals surface area (Å²) in [5, 5.41) is 2.55. The van der Waals surface area contributed by atoms with Crippen LogP contribution in [0, 0.1) is 5.82 Å². The van der Waals surface area contributed by atoms with E-state index in [-0.39, 0.29) is 11.5 Å². The lowest BCUT2D eigenvalue weighted by atomic mass is 10.2. The van der Waals surface area contributed by atoms with E-state index in [0.717, 1.165) is 12.1 Å². The van der Waals surface area contributed by atoms with Crippen LogP contribution in [0.4, 0.5) is 15.8 Å². The minimum absolute atomic E-state index is 0.0661. The molecule has 27 heavy (non-hydrogen) atoms. The van der Waals surface area contributed by atoms with Crippen molar-refractivity contribution in [2.75, 3.05) is 16.8 Å². The summed E-state index contributed by atoms with van der Waals surface area (Å²) in [6, 6.07) is 11.8. The molecular weight excluding hydrogens is 351 g/mol. The molecule has 1 aliphatic rings. The van der Waals surface area contributed by atoms with Crippen molar-refractivity contribution in [1.29, 1.82) is 0 Å². The maximum absolute atomic E-state index is 12.9. The molecule has 1 N–H and O–H groups in total. The molecule has 0 spiro atoms. The van der Waals surface area contributed by atoms with E-state index in [4.69, 9.17) is 4.74 Å². The monoisotopic (exact) mass is 370 g/mol. The normalized spacial score (nSPS) is 14.7. The molecular formula is C20H19FN2O4. The average molecular weight is 370 g/mol. The lowest BCUT2D eigenvalue weighted by Gasteiger charge is -2.16. The fraction of sp³-hybridized carbons (Fsp3) is 0.250. The Kier molecular flexibility index (Phi) is 5.49. The van der Waals surface area contributed by atoms with Crippen LogP contribution in [-0.2, 0) is 14.3 Å². The molecule has 1 saturated heterocycles. The number of esters is 1. The van der Waals surface area contributed by atoms with E-state index < -0.39 is 23.8 Å². The minimum Gasteiger partial charge on any atom is -0.449 e. The molecule has 7 heteroatoms. The number of halogens is 1. The Balaban J connectivity index is 1.58. The number of rotatable bonds is 5. The smallest absolute Gasteiger partial charge is 0.338 e. The van der Waals surface area contributed by atoms with Crippen LogP contribution in [0.2, 0.25) is 0 Å². The molecule has 2 aromatic carbocycles. The Morgan fingerprint density at radius 3 is 2.37 bits per heavy atom. The fourth-order valence-electron chi connectivity index (χ4n) is 2.76. The van der Waals surface area contributed by atoms with E-state index in [1.54, 1.807) is 29.2 Å². The molecule has 0 unspecified atom stereocenters. The van der Waals surface area contributed by atoms with Crippen LogP contribution in [0.1, 0.15) is 30.1 Å². The van der Waals surface area contributed by atoms with E-state index in [9.17, 15) is 18.8 Å². The van der Waals surface area contributed by atoms with Gasteiger partial charge in [0.2, 0.25) is 5.91 Å². The molecule has 2 aromatic rings. The molecule has 0 bridgehead atoms. The van der Waals surface area contributed by atoms with Gasteiger partial charge in [-0.2, -0.15) is 0 Å². The SMILES string of the molecule is C[C@@H](OC(=O)c1ccc(N2CCCC2=O)cc1)C(=O)Nc1ccc(F)cc1. The van der Waals surface area contributed by atoms with Crippen molar-refractivity contribution in [3.8, 4) is 0 Å². The highest BCUT2D eigenvalue weighted by molar-refractivity contribution is 5.98. The minimum atomic E-state index is -1.03. The quantitative estimate of drug-likeness (QED) is 0.821. The largest absolute Gasteiger partial charge is 0.449 e. The molecule has 1 fully saturated rings. The first-order chi connectivity index (χ1) is 12.9. The van der Waals surface area contributed by atoms with Gasteiger partial charge in [0.1, 0.15) is 5.82 Å². The number of nitrogens with one attached hydrogen (secondary N) is 1. The number of hydrogen-bond donors (Lipinski definition) is 1. The summed E-state index contributed by atoms with van der Waals surface area (Å²) in [5.74, 6) is -1.51. The van der Waals surface area contributed by atoms with Crippen molar-refractivity contribution in [3.63, 3.8) is 0 Å². The number of ether oxygens (including phenoxy) is 1. The van der Waals surface area contributed by atoms with Crippen LogP contribution in [0.3, 0.4) is 0 Å². The molecule has 0 radical (unpaired) electrons. The lowest BCUT2D eigenvalue weighted by molar-refractivity contribution is -0.123. The first-order valence-corrected chi connectivity index (χ1v) is 8.62. The zero-order valence-electron chi connectivity index (χ0n) is 14.8. The van der Waals surface area contributed by atoms with Crippen LogP contribution < -0.4 is 10.2 Å². The van der Waals surface area contributed by atoms with Gasteiger partial charge in [0, 0.05) is 24.3 Å². The Morgan fingerprint density at radius 2 is 1.78 bits per heavy atom. The van der Waals surface area contributed by atoms with Gasteiger partial charge in [-0.15, -0.1) is 0 Å². The Hall–Kier alpha value is -3.22. The zero-order chi connectivity index (χ0) is 19.4. The van der Waals surface area contributed by atoms with E-state index in [2.05, 4.69) is 5.32 Å². The average Bonchev–Trinajstić information content (AvgIpc) is 3.09. The van der Waals surface area contributed by atoms with Crippen LogP contribution in [0.5, 0.6) is 0 Å². The van der Waals surface area contributed by atoms with Gasteiger partial charge in [-0.05, 0) is 61.9 Å². The number of carbonyl (C=O) groups is 3. The molecule has 6 nitrogen and oxygen atoms in total. The van der Waals surface area contributed by atoms with Gasteiger partial charge < -0.3 is 15.0 Å². The maximum atomic E-state index is 12.9. The van der Waals surface area contributed by atoms with Gasteiger partial charge in [-0.1, -0.05) is 0 Å². The Bertz CT molecular complexity index is 849. The topological polar surface area (TPSA) is 75.7 Å². The number of hydrogen-bond acceptors (Lipinski definition) is 4. The van der Waals surface area contributed by atoms with E-state index in [0.29, 0.717) is 18.7 Å². The van der Waals surface area contributed by atoms with Gasteiger partial charge >= 0.3 is 5.97 Å². The maximum Gasteiger partial charge on any atom is 0.338 e. The van der Waals surface area contributed by atoms with E-state index in [1.807, 2.05) is 0 Å². The molecule has 0 aromatic heterocycles. The van der Waals surface area contributed by atoms with Crippen LogP contribution in [-0.4, -0.2) is 30.4 Å². The first-order valence-electron chi connectivity index (χ1n) is 8.62. The van der Waals surface area contributed by atoms with E-state index >= 15 is 0 Å². The number of carbonyl (C=O) groups excluding carboxylic acids is 3. The van der Waals surface area contributed by atoms with Gasteiger partial charge in [0.05, 0.1) is 5.56 Å². The van der Waals surface area contributed by atoms with Crippen LogP contribution >= 0.6 is 0 Å². The number of anilines is 2. The number of nitrogens with zero attached hydrogens (tertiary/aromatic N) is 1. The first kappa shape index (κ1) is 18.6. The van der Waals surface area contributed by atoms with Gasteiger partial charge in [0.15, 0.2) is 6.10 Å². The molecule has 1 heterocycles. The standard InChI is InChI=1S/C20H19FN2O4/c1-13(19(25)22-16-8-6-15(21)7-9-16)27-20(26)14-4-10-17(11-5-14)23-12-2-3-18(23)24/h4-11,13H,2-3,12H2,1H3,(H,22,25)/t13-/m1/s1. The van der Waals surface area contributed by atoms with Crippen LogP contribution in [0.15, 0.2) is 48.5 Å². The van der Waals surface area contributed by atoms with Crippen molar-refractivity contribution in [1.82, 2.24) is 0 Å². The van der Waals surface area contributed by atoms with Gasteiger partial charge in [-0.25, -0.2) is 9.18 Å². The third-order valence-electron chi connectivity index (χ3n) is 4.25. The molecule has 0 aliphatic carbocycles. The summed E-state index contributed by atoms with van der Waals surface area (Å²) in [7, 11) is 0. The molecule has 140 valence electrons. The Labute approximate surface area is 155 Å². The lowest BCUT2D eigenvalue weighted by Crippen LogP contribution is -2.30. The third-order valence-corrected chi connectivity index (χ3v) is 4.25. The van der Waals surface area contributed by atoms with Crippen molar-refractivity contribution in [3.05, 3.63) is 59.9 Å². The summed E-state index contributed by atoms with van der Waals surface area (Å²) in [5.41, 5.74) is 1.42. The Morgan fingerprint density at radius 1 is 1.11 bits per heavy atom. The molecule has 3 rings (SSSR count). The van der Waals surface area contributed by atoms with Crippen molar-refractivity contribution in [2.45, 2.75) is 25.9 Å². The van der Waals surface area contributed by atoms with E-state index in [1.165, 1.54) is 31.2 Å². The van der Waals surface area contributed by atoms with Crippen molar-refractivity contribution >= 4 is 29.2 Å². The van der Waals surface area contributed by atoms with Gasteiger partial charge in [-0.3, -0.25) is 9.59 Å². The summed E-state index contributed by atoms with van der Waals surface area (Å²) < 4.78 is 18.1. The van der Waals surface area contributed by atoms with Crippen LogP contribution in [0.25, 0.3) is 0 Å². The second-order valence-electron chi connectivity index (χ2n) is 6.24. The number of benzene rings is 2. The highest BCUT2D eigenvalue weighted by atomic mass is 19.1. The predicted molar refractivity (Wildman–Crippen MR) is 97.9 cm³/mol. The highest BCUT2D eigenvalue weighted by Gasteiger charge is 2.23.